The number of nitrogens with zero attached hydrogens (tertiary/aromatic N) is 1. The van der Waals surface area contributed by atoms with E-state index in [-0.39, 0.29) is 0 Å². The number of hydrogen-bond acceptors (Lipinski definition) is 4. The number of carboxylic acids is 2. The molecule has 0 aromatic carbocycles. The number of urea groups is 1. The van der Waals surface area contributed by atoms with Crippen molar-refractivity contribution in [3.05, 3.63) is 0 Å². The largest absolute Gasteiger partial charge is 0.481 e. The van der Waals surface area contributed by atoms with Crippen LogP contribution in [0, 0.1) is 0 Å². The summed E-state index contributed by atoms with van der Waals surface area (Å²) in [6, 6.07) is -1.73. The summed E-state index contributed by atoms with van der Waals surface area (Å²) in [4.78, 5) is 34.8. The molecule has 0 aromatic heterocycles. The normalized spacial score (nSPS) is 13.6. The zero-order valence-corrected chi connectivity index (χ0v) is 12.0. The van der Waals surface area contributed by atoms with Crippen LogP contribution in [0.2, 0.25) is 0 Å². The zero-order valence-electron chi connectivity index (χ0n) is 12.0. The van der Waals surface area contributed by atoms with Crippen molar-refractivity contribution in [1.82, 2.24) is 15.5 Å². The molecule has 0 aliphatic heterocycles. The minimum Gasteiger partial charge on any atom is -0.481 e. The van der Waals surface area contributed by atoms with Gasteiger partial charge in [-0.05, 0) is 20.4 Å². The van der Waals surface area contributed by atoms with Gasteiger partial charge in [-0.25, -0.2) is 9.59 Å². The molecule has 0 bridgehead atoms. The van der Waals surface area contributed by atoms with Gasteiger partial charge in [-0.2, -0.15) is 0 Å². The molecule has 0 radical (unpaired) electrons. The average Bonchev–Trinajstić information content (AvgIpc) is 2.36. The van der Waals surface area contributed by atoms with Crippen LogP contribution in [0.5, 0.6) is 0 Å². The fourth-order valence-electron chi connectivity index (χ4n) is 1.46. The van der Waals surface area contributed by atoms with Gasteiger partial charge in [0.05, 0.1) is 6.42 Å². The highest BCUT2D eigenvalue weighted by atomic mass is 16.4. The molecule has 0 aliphatic carbocycles. The molecule has 4 N–H and O–H groups in total. The van der Waals surface area contributed by atoms with E-state index < -0.39 is 30.4 Å². The first-order chi connectivity index (χ1) is 9.27. The minimum atomic E-state index is -1.43. The second kappa shape index (κ2) is 9.13. The number of carboxylic acid groups (broad SMARTS) is 2. The zero-order chi connectivity index (χ0) is 15.7. The van der Waals surface area contributed by atoms with Gasteiger partial charge in [0.15, 0.2) is 0 Å². The average molecular weight is 289 g/mol. The number of carbonyl (C=O) groups is 3. The van der Waals surface area contributed by atoms with Crippen molar-refractivity contribution in [2.45, 2.75) is 38.8 Å². The number of nitrogens with one attached hydrogen (secondary N) is 2. The lowest BCUT2D eigenvalue weighted by Gasteiger charge is -2.23. The Hall–Kier alpha value is -1.83. The predicted molar refractivity (Wildman–Crippen MR) is 72.6 cm³/mol. The summed E-state index contributed by atoms with van der Waals surface area (Å²) in [7, 11) is 1.93. The number of rotatable bonds is 9. The van der Waals surface area contributed by atoms with Gasteiger partial charge in [0.2, 0.25) is 0 Å². The third-order valence-electron chi connectivity index (χ3n) is 3.08. The van der Waals surface area contributed by atoms with Gasteiger partial charge in [-0.3, -0.25) is 4.79 Å². The SMILES string of the molecule is CCC(C)N(C)CCNC(=O)NC(CC(=O)O)C(=O)O. The lowest BCUT2D eigenvalue weighted by molar-refractivity contribution is -0.145. The van der Waals surface area contributed by atoms with E-state index in [9.17, 15) is 14.4 Å². The van der Waals surface area contributed by atoms with Crippen molar-refractivity contribution in [3.8, 4) is 0 Å². The van der Waals surface area contributed by atoms with Crippen LogP contribution in [0.25, 0.3) is 0 Å². The molecule has 0 rings (SSSR count). The Morgan fingerprint density at radius 1 is 1.25 bits per heavy atom. The summed E-state index contributed by atoms with van der Waals surface area (Å²) in [5.74, 6) is -2.66. The van der Waals surface area contributed by atoms with Gasteiger partial charge < -0.3 is 25.7 Å². The third kappa shape index (κ3) is 7.57. The van der Waals surface area contributed by atoms with E-state index in [1.807, 2.05) is 7.05 Å². The van der Waals surface area contributed by atoms with Gasteiger partial charge in [0.25, 0.3) is 0 Å². The summed E-state index contributed by atoms with van der Waals surface area (Å²) in [6.07, 6.45) is 0.331. The molecule has 0 saturated heterocycles. The van der Waals surface area contributed by atoms with Crippen molar-refractivity contribution in [2.75, 3.05) is 20.1 Å². The molecule has 0 heterocycles. The Kier molecular flexibility index (Phi) is 8.30. The van der Waals surface area contributed by atoms with E-state index in [4.69, 9.17) is 10.2 Å². The quantitative estimate of drug-likeness (QED) is 0.472. The second-order valence-electron chi connectivity index (χ2n) is 4.63. The van der Waals surface area contributed by atoms with E-state index in [0.29, 0.717) is 19.1 Å². The maximum absolute atomic E-state index is 11.5. The summed E-state index contributed by atoms with van der Waals surface area (Å²) < 4.78 is 0. The Labute approximate surface area is 118 Å². The maximum atomic E-state index is 11.5. The van der Waals surface area contributed by atoms with Crippen molar-refractivity contribution in [2.24, 2.45) is 0 Å². The van der Waals surface area contributed by atoms with Crippen LogP contribution in [-0.4, -0.2) is 65.3 Å². The van der Waals surface area contributed by atoms with Crippen LogP contribution < -0.4 is 10.6 Å². The smallest absolute Gasteiger partial charge is 0.326 e. The fraction of sp³-hybridized carbons (Fsp3) is 0.750. The molecule has 2 amide bonds. The second-order valence-corrected chi connectivity index (χ2v) is 4.63. The molecular weight excluding hydrogens is 266 g/mol. The van der Waals surface area contributed by atoms with Crippen LogP contribution in [0.4, 0.5) is 4.79 Å². The molecule has 8 heteroatoms. The molecule has 0 saturated carbocycles. The van der Waals surface area contributed by atoms with Gasteiger partial charge in [-0.15, -0.1) is 0 Å². The van der Waals surface area contributed by atoms with Crippen molar-refractivity contribution >= 4 is 18.0 Å². The Morgan fingerprint density at radius 3 is 2.30 bits per heavy atom. The van der Waals surface area contributed by atoms with Gasteiger partial charge in [0, 0.05) is 19.1 Å². The molecule has 2 atom stereocenters. The van der Waals surface area contributed by atoms with Crippen molar-refractivity contribution < 1.29 is 24.6 Å². The van der Waals surface area contributed by atoms with Crippen molar-refractivity contribution in [3.63, 3.8) is 0 Å². The minimum absolute atomic E-state index is 0.353. The number of aliphatic carboxylic acids is 2. The molecule has 8 nitrogen and oxygen atoms in total. The highest BCUT2D eigenvalue weighted by Crippen LogP contribution is 1.98. The molecule has 116 valence electrons. The van der Waals surface area contributed by atoms with E-state index in [1.165, 1.54) is 0 Å². The first-order valence-electron chi connectivity index (χ1n) is 6.47. The number of hydrogen-bond donors (Lipinski definition) is 4. The summed E-state index contributed by atoms with van der Waals surface area (Å²) in [6.45, 7) is 5.10. The molecule has 0 aromatic rings. The summed E-state index contributed by atoms with van der Waals surface area (Å²) in [5.41, 5.74) is 0. The van der Waals surface area contributed by atoms with E-state index in [2.05, 4.69) is 29.4 Å². The highest BCUT2D eigenvalue weighted by Gasteiger charge is 2.22. The van der Waals surface area contributed by atoms with Gasteiger partial charge in [0.1, 0.15) is 6.04 Å². The Morgan fingerprint density at radius 2 is 1.85 bits per heavy atom. The van der Waals surface area contributed by atoms with E-state index in [0.717, 1.165) is 6.42 Å². The topological polar surface area (TPSA) is 119 Å². The van der Waals surface area contributed by atoms with E-state index in [1.54, 1.807) is 0 Å². The van der Waals surface area contributed by atoms with Crippen LogP contribution in [0.15, 0.2) is 0 Å². The molecule has 0 spiro atoms. The van der Waals surface area contributed by atoms with E-state index >= 15 is 0 Å². The van der Waals surface area contributed by atoms with Crippen molar-refractivity contribution in [1.29, 1.82) is 0 Å². The molecule has 0 fully saturated rings. The molecule has 0 aliphatic rings. The highest BCUT2D eigenvalue weighted by molar-refractivity contribution is 5.86. The molecule has 2 unspecified atom stereocenters. The summed E-state index contributed by atoms with van der Waals surface area (Å²) >= 11 is 0. The standard InChI is InChI=1S/C12H23N3O5/c1-4-8(2)15(3)6-5-13-12(20)14-9(11(18)19)7-10(16)17/h8-9H,4-7H2,1-3H3,(H,16,17)(H,18,19)(H2,13,14,20). The predicted octanol–water partition coefficient (Wildman–Crippen LogP) is -0.0562. The number of carbonyl (C=O) groups excluding carboxylic acids is 1. The van der Waals surface area contributed by atoms with Crippen LogP contribution in [0.3, 0.4) is 0 Å². The third-order valence-corrected chi connectivity index (χ3v) is 3.08. The summed E-state index contributed by atoms with van der Waals surface area (Å²) in [5, 5.41) is 21.9. The Balaban J connectivity index is 4.08. The van der Waals surface area contributed by atoms with Gasteiger partial charge >= 0.3 is 18.0 Å². The fourth-order valence-corrected chi connectivity index (χ4v) is 1.46. The number of amides is 2. The maximum Gasteiger partial charge on any atom is 0.326 e. The lowest BCUT2D eigenvalue weighted by Crippen LogP contribution is -2.48. The van der Waals surface area contributed by atoms with Gasteiger partial charge in [-0.1, -0.05) is 6.92 Å². The first kappa shape index (κ1) is 18.2. The van der Waals surface area contributed by atoms with Crippen LogP contribution in [-0.2, 0) is 9.59 Å². The Bertz CT molecular complexity index is 348. The first-order valence-corrected chi connectivity index (χ1v) is 6.47. The molecular formula is C12H23N3O5. The number of likely N-dealkylation sites (N-methyl/N-ethyl adjacent to an activating group) is 1. The lowest BCUT2D eigenvalue weighted by atomic mass is 10.2. The molecule has 20 heavy (non-hydrogen) atoms. The monoisotopic (exact) mass is 289 g/mol. The van der Waals surface area contributed by atoms with Crippen LogP contribution in [0.1, 0.15) is 26.7 Å². The van der Waals surface area contributed by atoms with Crippen LogP contribution >= 0.6 is 0 Å².